The first-order chi connectivity index (χ1) is 8.97. The summed E-state index contributed by atoms with van der Waals surface area (Å²) in [6.07, 6.45) is -0.0840. The Morgan fingerprint density at radius 2 is 2.05 bits per heavy atom. The molecule has 19 heavy (non-hydrogen) atoms. The molecule has 0 aliphatic rings. The lowest BCUT2D eigenvalue weighted by Crippen LogP contribution is -2.11. The van der Waals surface area contributed by atoms with E-state index in [1.807, 2.05) is 6.92 Å². The van der Waals surface area contributed by atoms with E-state index in [9.17, 15) is 13.6 Å². The monoisotopic (exact) mass is 336 g/mol. The molecule has 1 rings (SSSR count). The zero-order valence-electron chi connectivity index (χ0n) is 10.7. The van der Waals surface area contributed by atoms with Crippen LogP contribution in [0.4, 0.5) is 8.78 Å². The van der Waals surface area contributed by atoms with Crippen LogP contribution in [0, 0.1) is 6.92 Å². The van der Waals surface area contributed by atoms with Gasteiger partial charge in [-0.05, 0) is 31.0 Å². The summed E-state index contributed by atoms with van der Waals surface area (Å²) in [6, 6.07) is 3.19. The van der Waals surface area contributed by atoms with Crippen LogP contribution in [-0.4, -0.2) is 19.2 Å². The fourth-order valence-corrected chi connectivity index (χ4v) is 2.25. The van der Waals surface area contributed by atoms with Gasteiger partial charge >= 0.3 is 12.6 Å². The summed E-state index contributed by atoms with van der Waals surface area (Å²) in [5.74, 6) is -0.448. The molecule has 1 aromatic rings. The van der Waals surface area contributed by atoms with E-state index in [2.05, 4.69) is 20.7 Å². The smallest absolute Gasteiger partial charge is 0.387 e. The Morgan fingerprint density at radius 1 is 1.37 bits per heavy atom. The average Bonchev–Trinajstić information content (AvgIpc) is 2.32. The predicted octanol–water partition coefficient (Wildman–Crippen LogP) is 3.60. The first-order valence-corrected chi connectivity index (χ1v) is 6.88. The van der Waals surface area contributed by atoms with Gasteiger partial charge in [0.2, 0.25) is 0 Å². The molecule has 106 valence electrons. The Kier molecular flexibility index (Phi) is 6.21. The molecule has 0 fully saturated rings. The summed E-state index contributed by atoms with van der Waals surface area (Å²) in [6.45, 7) is 0.861. The molecule has 0 amide bonds. The van der Waals surface area contributed by atoms with Crippen molar-refractivity contribution in [2.45, 2.75) is 32.2 Å². The van der Waals surface area contributed by atoms with Crippen LogP contribution in [-0.2, 0) is 21.3 Å². The van der Waals surface area contributed by atoms with E-state index in [0.717, 1.165) is 11.1 Å². The number of aryl methyl sites for hydroxylation is 1. The molecule has 0 heterocycles. The number of carbonyl (C=O) groups excluding carboxylic acids is 1. The second kappa shape index (κ2) is 7.43. The van der Waals surface area contributed by atoms with Gasteiger partial charge in [-0.3, -0.25) is 4.79 Å². The number of hydrogen-bond acceptors (Lipinski definition) is 3. The van der Waals surface area contributed by atoms with Gasteiger partial charge in [0.25, 0.3) is 0 Å². The third-order valence-electron chi connectivity index (χ3n) is 2.52. The lowest BCUT2D eigenvalue weighted by atomic mass is 10.0. The minimum atomic E-state index is -2.92. The SMILES string of the molecule is CCOC(=O)Cc1cc(C)c(CBr)cc1OC(F)F. The molecule has 0 unspecified atom stereocenters. The van der Waals surface area contributed by atoms with Gasteiger partial charge in [-0.25, -0.2) is 0 Å². The van der Waals surface area contributed by atoms with Crippen molar-refractivity contribution in [1.29, 1.82) is 0 Å². The molecule has 0 radical (unpaired) electrons. The third kappa shape index (κ3) is 4.78. The highest BCUT2D eigenvalue weighted by Crippen LogP contribution is 2.27. The van der Waals surface area contributed by atoms with Gasteiger partial charge in [0.15, 0.2) is 0 Å². The number of hydrogen-bond donors (Lipinski definition) is 0. The zero-order valence-corrected chi connectivity index (χ0v) is 12.3. The van der Waals surface area contributed by atoms with Crippen LogP contribution in [0.2, 0.25) is 0 Å². The normalized spacial score (nSPS) is 10.6. The minimum absolute atomic E-state index is 0.0168. The molecule has 0 N–H and O–H groups in total. The van der Waals surface area contributed by atoms with Gasteiger partial charge in [0, 0.05) is 10.9 Å². The third-order valence-corrected chi connectivity index (χ3v) is 3.12. The number of alkyl halides is 3. The minimum Gasteiger partial charge on any atom is -0.466 e. The maximum Gasteiger partial charge on any atom is 0.387 e. The van der Waals surface area contributed by atoms with Gasteiger partial charge in [0.1, 0.15) is 5.75 Å². The molecule has 0 bridgehead atoms. The van der Waals surface area contributed by atoms with Crippen molar-refractivity contribution in [3.8, 4) is 5.75 Å². The number of benzene rings is 1. The Labute approximate surface area is 119 Å². The Hall–Kier alpha value is -1.17. The number of esters is 1. The topological polar surface area (TPSA) is 35.5 Å². The van der Waals surface area contributed by atoms with E-state index >= 15 is 0 Å². The molecule has 0 atom stereocenters. The average molecular weight is 337 g/mol. The van der Waals surface area contributed by atoms with E-state index < -0.39 is 12.6 Å². The van der Waals surface area contributed by atoms with E-state index in [1.165, 1.54) is 6.07 Å². The lowest BCUT2D eigenvalue weighted by molar-refractivity contribution is -0.142. The Bertz CT molecular complexity index is 450. The van der Waals surface area contributed by atoms with Gasteiger partial charge in [0.05, 0.1) is 13.0 Å². The van der Waals surface area contributed by atoms with Gasteiger partial charge in [-0.2, -0.15) is 8.78 Å². The number of ether oxygens (including phenoxy) is 2. The molecule has 3 nitrogen and oxygen atoms in total. The fraction of sp³-hybridized carbons (Fsp3) is 0.462. The first-order valence-electron chi connectivity index (χ1n) is 5.76. The van der Waals surface area contributed by atoms with Crippen LogP contribution in [0.3, 0.4) is 0 Å². The second-order valence-electron chi connectivity index (χ2n) is 3.88. The maximum atomic E-state index is 12.4. The number of halogens is 3. The molecule has 0 aliphatic carbocycles. The quantitative estimate of drug-likeness (QED) is 0.588. The van der Waals surface area contributed by atoms with Crippen molar-refractivity contribution in [3.05, 3.63) is 28.8 Å². The molecule has 1 aromatic carbocycles. The molecular formula is C13H15BrF2O3. The van der Waals surface area contributed by atoms with Crippen LogP contribution in [0.15, 0.2) is 12.1 Å². The molecule has 0 aromatic heterocycles. The Balaban J connectivity index is 3.05. The highest BCUT2D eigenvalue weighted by molar-refractivity contribution is 9.08. The summed E-state index contributed by atoms with van der Waals surface area (Å²) in [5, 5.41) is 0.526. The number of rotatable bonds is 6. The summed E-state index contributed by atoms with van der Waals surface area (Å²) >= 11 is 3.27. The van der Waals surface area contributed by atoms with Gasteiger partial charge in [-0.15, -0.1) is 0 Å². The number of carbonyl (C=O) groups is 1. The van der Waals surface area contributed by atoms with Crippen molar-refractivity contribution < 1.29 is 23.0 Å². The standard InChI is InChI=1S/C13H15BrF2O3/c1-3-18-12(17)6-9-4-8(2)10(7-14)5-11(9)19-13(15)16/h4-5,13H,3,6-7H2,1-2H3. The maximum absolute atomic E-state index is 12.4. The van der Waals surface area contributed by atoms with Crippen LogP contribution < -0.4 is 4.74 Å². The molecular weight excluding hydrogens is 322 g/mol. The molecule has 0 aliphatic heterocycles. The van der Waals surface area contributed by atoms with Crippen molar-refractivity contribution >= 4 is 21.9 Å². The highest BCUT2D eigenvalue weighted by Gasteiger charge is 2.15. The summed E-state index contributed by atoms with van der Waals surface area (Å²) in [7, 11) is 0. The largest absolute Gasteiger partial charge is 0.466 e. The van der Waals surface area contributed by atoms with Crippen LogP contribution in [0.1, 0.15) is 23.6 Å². The van der Waals surface area contributed by atoms with Crippen LogP contribution >= 0.6 is 15.9 Å². The first kappa shape index (κ1) is 15.9. The van der Waals surface area contributed by atoms with Gasteiger partial charge in [-0.1, -0.05) is 22.0 Å². The summed E-state index contributed by atoms with van der Waals surface area (Å²) in [5.41, 5.74) is 2.14. The second-order valence-corrected chi connectivity index (χ2v) is 4.44. The van der Waals surface area contributed by atoms with Crippen LogP contribution in [0.25, 0.3) is 0 Å². The summed E-state index contributed by atoms with van der Waals surface area (Å²) in [4.78, 5) is 11.4. The zero-order chi connectivity index (χ0) is 14.4. The van der Waals surface area contributed by atoms with Crippen molar-refractivity contribution in [1.82, 2.24) is 0 Å². The van der Waals surface area contributed by atoms with E-state index in [-0.39, 0.29) is 18.8 Å². The highest BCUT2D eigenvalue weighted by atomic mass is 79.9. The molecule has 0 saturated heterocycles. The van der Waals surface area contributed by atoms with Crippen molar-refractivity contribution in [2.24, 2.45) is 0 Å². The Morgan fingerprint density at radius 3 is 2.58 bits per heavy atom. The van der Waals surface area contributed by atoms with E-state index in [4.69, 9.17) is 4.74 Å². The summed E-state index contributed by atoms with van der Waals surface area (Å²) < 4.78 is 34.0. The lowest BCUT2D eigenvalue weighted by Gasteiger charge is -2.14. The fourth-order valence-electron chi connectivity index (χ4n) is 1.65. The molecule has 0 saturated carbocycles. The van der Waals surface area contributed by atoms with E-state index in [1.54, 1.807) is 13.0 Å². The van der Waals surface area contributed by atoms with Crippen molar-refractivity contribution in [2.75, 3.05) is 6.61 Å². The molecule has 6 heteroatoms. The van der Waals surface area contributed by atoms with Crippen molar-refractivity contribution in [3.63, 3.8) is 0 Å². The predicted molar refractivity (Wildman–Crippen MR) is 70.8 cm³/mol. The van der Waals surface area contributed by atoms with E-state index in [0.29, 0.717) is 10.9 Å². The molecule has 0 spiro atoms. The van der Waals surface area contributed by atoms with Gasteiger partial charge < -0.3 is 9.47 Å². The van der Waals surface area contributed by atoms with Crippen LogP contribution in [0.5, 0.6) is 5.75 Å².